The summed E-state index contributed by atoms with van der Waals surface area (Å²) in [6.45, 7) is 2.26. The number of hydrogen-bond acceptors (Lipinski definition) is 5. The molecule has 0 radical (unpaired) electrons. The largest absolute Gasteiger partial charge is 0.395 e. The van der Waals surface area contributed by atoms with Gasteiger partial charge in [-0.25, -0.2) is 0 Å². The predicted molar refractivity (Wildman–Crippen MR) is 73.1 cm³/mol. The lowest BCUT2D eigenvalue weighted by atomic mass is 10.2. The number of anilines is 1. The fourth-order valence-electron chi connectivity index (χ4n) is 1.66. The minimum atomic E-state index is -0.358. The highest BCUT2D eigenvalue weighted by Crippen LogP contribution is 2.15. The topological polar surface area (TPSA) is 117 Å². The second-order valence-corrected chi connectivity index (χ2v) is 4.91. The molecule has 0 fully saturated rings. The lowest BCUT2D eigenvalue weighted by Gasteiger charge is -2.02. The van der Waals surface area contributed by atoms with E-state index in [1.165, 1.54) is 0 Å². The number of hydrogen-bond donors (Lipinski definition) is 4. The van der Waals surface area contributed by atoms with E-state index in [0.29, 0.717) is 11.4 Å². The molecule has 0 aliphatic rings. The van der Waals surface area contributed by atoms with Crippen LogP contribution in [-0.4, -0.2) is 21.1 Å². The summed E-state index contributed by atoms with van der Waals surface area (Å²) in [5, 5.41) is 11.0. The second kappa shape index (κ2) is 5.70. The van der Waals surface area contributed by atoms with E-state index in [1.807, 2.05) is 6.92 Å². The third kappa shape index (κ3) is 3.02. The molecule has 102 valence electrons. The van der Waals surface area contributed by atoms with Gasteiger partial charge in [-0.05, 0) is 6.42 Å². The Balaban J connectivity index is 2.01. The van der Waals surface area contributed by atoms with Crippen LogP contribution < -0.4 is 15.9 Å². The summed E-state index contributed by atoms with van der Waals surface area (Å²) in [4.78, 5) is 25.3. The van der Waals surface area contributed by atoms with E-state index in [-0.39, 0.29) is 23.0 Å². The Bertz CT molecular complexity index is 627. The number of aromatic nitrogens is 3. The predicted octanol–water partition coefficient (Wildman–Crippen LogP) is 0.624. The molecule has 1 amide bonds. The smallest absolute Gasteiger partial charge is 0.304 e. The molecule has 0 saturated heterocycles. The summed E-state index contributed by atoms with van der Waals surface area (Å²) in [6, 6.07) is 0. The van der Waals surface area contributed by atoms with Gasteiger partial charge in [0.15, 0.2) is 5.69 Å². The number of aryl methyl sites for hydroxylation is 1. The van der Waals surface area contributed by atoms with Gasteiger partial charge in [0.1, 0.15) is 0 Å². The number of H-pyrrole nitrogens is 2. The minimum Gasteiger partial charge on any atom is -0.395 e. The van der Waals surface area contributed by atoms with Crippen molar-refractivity contribution in [2.45, 2.75) is 26.3 Å². The van der Waals surface area contributed by atoms with Crippen LogP contribution in [0.15, 0.2) is 10.2 Å². The highest BCUT2D eigenvalue weighted by Gasteiger charge is 2.16. The standard InChI is InChI=1S/C11H15N5O2S/c1-2-3-7-8(12)9(16-15-7)10(17)13-4-6-5-19-11(18)14-6/h5H,2-4,12H2,1H3,(H,13,17)(H,14,18)(H,15,16). The number of aromatic amines is 2. The maximum absolute atomic E-state index is 11.9. The van der Waals surface area contributed by atoms with Gasteiger partial charge in [0.05, 0.1) is 17.9 Å². The van der Waals surface area contributed by atoms with Crippen molar-refractivity contribution in [1.29, 1.82) is 0 Å². The average Bonchev–Trinajstić information content (AvgIpc) is 2.95. The normalized spacial score (nSPS) is 10.6. The summed E-state index contributed by atoms with van der Waals surface area (Å²) in [6.07, 6.45) is 1.67. The second-order valence-electron chi connectivity index (χ2n) is 4.07. The molecule has 2 heterocycles. The van der Waals surface area contributed by atoms with Gasteiger partial charge in [-0.2, -0.15) is 5.10 Å². The molecule has 0 bridgehead atoms. The van der Waals surface area contributed by atoms with Crippen molar-refractivity contribution in [1.82, 2.24) is 20.5 Å². The number of carbonyl (C=O) groups excluding carboxylic acids is 1. The van der Waals surface area contributed by atoms with Crippen molar-refractivity contribution in [3.63, 3.8) is 0 Å². The average molecular weight is 281 g/mol. The highest BCUT2D eigenvalue weighted by molar-refractivity contribution is 7.07. The van der Waals surface area contributed by atoms with Gasteiger partial charge < -0.3 is 16.0 Å². The molecule has 2 aromatic heterocycles. The molecule has 0 saturated carbocycles. The van der Waals surface area contributed by atoms with Crippen LogP contribution in [0, 0.1) is 0 Å². The van der Waals surface area contributed by atoms with E-state index in [2.05, 4.69) is 20.5 Å². The zero-order chi connectivity index (χ0) is 13.8. The number of carbonyl (C=O) groups is 1. The molecule has 0 aliphatic carbocycles. The van der Waals surface area contributed by atoms with Crippen LogP contribution in [0.4, 0.5) is 5.69 Å². The molecule has 0 unspecified atom stereocenters. The summed E-state index contributed by atoms with van der Waals surface area (Å²) in [7, 11) is 0. The van der Waals surface area contributed by atoms with Crippen LogP contribution in [0.3, 0.4) is 0 Å². The third-order valence-electron chi connectivity index (χ3n) is 2.61. The summed E-state index contributed by atoms with van der Waals surface area (Å²) in [5.41, 5.74) is 7.87. The molecule has 2 aromatic rings. The molecular weight excluding hydrogens is 266 g/mol. The Kier molecular flexibility index (Phi) is 4.00. The van der Waals surface area contributed by atoms with Crippen molar-refractivity contribution >= 4 is 22.9 Å². The Morgan fingerprint density at radius 2 is 2.37 bits per heavy atom. The van der Waals surface area contributed by atoms with Gasteiger partial charge in [-0.3, -0.25) is 14.7 Å². The van der Waals surface area contributed by atoms with E-state index in [1.54, 1.807) is 5.38 Å². The molecule has 5 N–H and O–H groups in total. The first-order valence-electron chi connectivity index (χ1n) is 5.89. The lowest BCUT2D eigenvalue weighted by Crippen LogP contribution is -2.24. The van der Waals surface area contributed by atoms with Gasteiger partial charge in [-0.15, -0.1) is 0 Å². The van der Waals surface area contributed by atoms with Crippen LogP contribution in [0.1, 0.15) is 35.2 Å². The first kappa shape index (κ1) is 13.3. The maximum atomic E-state index is 11.9. The number of nitrogens with two attached hydrogens (primary N) is 1. The first-order chi connectivity index (χ1) is 9.11. The van der Waals surface area contributed by atoms with Crippen molar-refractivity contribution in [2.75, 3.05) is 5.73 Å². The number of rotatable bonds is 5. The minimum absolute atomic E-state index is 0.145. The molecule has 0 atom stereocenters. The first-order valence-corrected chi connectivity index (χ1v) is 6.77. The molecule has 8 heteroatoms. The highest BCUT2D eigenvalue weighted by atomic mass is 32.1. The number of thiazole rings is 1. The Hall–Kier alpha value is -2.09. The lowest BCUT2D eigenvalue weighted by molar-refractivity contribution is 0.0946. The van der Waals surface area contributed by atoms with Crippen molar-refractivity contribution in [3.8, 4) is 0 Å². The van der Waals surface area contributed by atoms with Gasteiger partial charge in [0, 0.05) is 11.1 Å². The monoisotopic (exact) mass is 281 g/mol. The van der Waals surface area contributed by atoms with Crippen molar-refractivity contribution in [2.24, 2.45) is 0 Å². The van der Waals surface area contributed by atoms with Gasteiger partial charge >= 0.3 is 4.87 Å². The molecule has 19 heavy (non-hydrogen) atoms. The van der Waals surface area contributed by atoms with E-state index in [4.69, 9.17) is 5.73 Å². The van der Waals surface area contributed by atoms with E-state index >= 15 is 0 Å². The molecule has 0 aliphatic heterocycles. The third-order valence-corrected chi connectivity index (χ3v) is 3.33. The molecular formula is C11H15N5O2S. The van der Waals surface area contributed by atoms with Crippen LogP contribution in [0.5, 0.6) is 0 Å². The number of amides is 1. The zero-order valence-corrected chi connectivity index (χ0v) is 11.3. The van der Waals surface area contributed by atoms with Crippen LogP contribution >= 0.6 is 11.3 Å². The fourth-order valence-corrected chi connectivity index (χ4v) is 2.24. The molecule has 0 aromatic carbocycles. The molecule has 0 spiro atoms. The molecule has 7 nitrogen and oxygen atoms in total. The van der Waals surface area contributed by atoms with E-state index in [9.17, 15) is 9.59 Å². The zero-order valence-electron chi connectivity index (χ0n) is 10.4. The van der Waals surface area contributed by atoms with Gasteiger partial charge in [0.2, 0.25) is 0 Å². The summed E-state index contributed by atoms with van der Waals surface area (Å²) >= 11 is 1.06. The van der Waals surface area contributed by atoms with Crippen molar-refractivity contribution < 1.29 is 4.79 Å². The SMILES string of the molecule is CCCc1[nH]nc(C(=O)NCc2csc(=O)[nH]2)c1N. The Labute approximate surface area is 113 Å². The summed E-state index contributed by atoms with van der Waals surface area (Å²) in [5.74, 6) is -0.358. The van der Waals surface area contributed by atoms with Gasteiger partial charge in [-0.1, -0.05) is 24.7 Å². The number of nitrogen functional groups attached to an aromatic ring is 1. The fraction of sp³-hybridized carbons (Fsp3) is 0.364. The van der Waals surface area contributed by atoms with Gasteiger partial charge in [0.25, 0.3) is 5.91 Å². The van der Waals surface area contributed by atoms with E-state index in [0.717, 1.165) is 29.9 Å². The number of nitrogens with zero attached hydrogens (tertiary/aromatic N) is 1. The molecule has 2 rings (SSSR count). The maximum Gasteiger partial charge on any atom is 0.304 e. The van der Waals surface area contributed by atoms with E-state index < -0.39 is 0 Å². The van der Waals surface area contributed by atoms with Crippen LogP contribution in [-0.2, 0) is 13.0 Å². The number of nitrogens with one attached hydrogen (secondary N) is 3. The summed E-state index contributed by atoms with van der Waals surface area (Å²) < 4.78 is 0. The Morgan fingerprint density at radius 3 is 3.00 bits per heavy atom. The quantitative estimate of drug-likeness (QED) is 0.643. The van der Waals surface area contributed by atoms with Crippen LogP contribution in [0.25, 0.3) is 0 Å². The van der Waals surface area contributed by atoms with Crippen LogP contribution in [0.2, 0.25) is 0 Å². The van der Waals surface area contributed by atoms with Crippen molar-refractivity contribution in [3.05, 3.63) is 32.1 Å². The Morgan fingerprint density at radius 1 is 1.58 bits per heavy atom.